The van der Waals surface area contributed by atoms with Crippen LogP contribution in [0.1, 0.15) is 149 Å². The minimum atomic E-state index is -1.00. The molecule has 6 nitrogen and oxygen atoms in total. The Labute approximate surface area is 263 Å². The van der Waals surface area contributed by atoms with E-state index in [9.17, 15) is 19.8 Å². The summed E-state index contributed by atoms with van der Waals surface area (Å²) in [7, 11) is 0. The van der Waals surface area contributed by atoms with E-state index in [0.717, 1.165) is 38.5 Å². The van der Waals surface area contributed by atoms with Crippen molar-refractivity contribution in [2.75, 3.05) is 13.2 Å². The smallest absolute Gasteiger partial charge is 0.305 e. The first-order valence-electron chi connectivity index (χ1n) is 17.3. The van der Waals surface area contributed by atoms with Crippen molar-refractivity contribution in [1.82, 2.24) is 0 Å². The van der Waals surface area contributed by atoms with Crippen molar-refractivity contribution in [2.24, 2.45) is 0 Å². The summed E-state index contributed by atoms with van der Waals surface area (Å²) in [6.07, 6.45) is 36.2. The average Bonchev–Trinajstić information content (AvgIpc) is 3.00. The van der Waals surface area contributed by atoms with E-state index in [1.165, 1.54) is 70.6 Å². The van der Waals surface area contributed by atoms with E-state index in [1.807, 2.05) is 36.5 Å². The Bertz CT molecular complexity index is 754. The summed E-state index contributed by atoms with van der Waals surface area (Å²) in [6.45, 7) is 4.12. The van der Waals surface area contributed by atoms with Crippen LogP contribution in [0.3, 0.4) is 0 Å². The number of rotatable bonds is 30. The Morgan fingerprint density at radius 2 is 1.09 bits per heavy atom. The zero-order chi connectivity index (χ0) is 31.6. The summed E-state index contributed by atoms with van der Waals surface area (Å²) in [4.78, 5) is 23.8. The number of ether oxygens (including phenoxy) is 2. The number of carbonyl (C=O) groups is 2. The summed E-state index contributed by atoms with van der Waals surface area (Å²) in [6, 6.07) is 0. The third-order valence-corrected chi connectivity index (χ3v) is 7.15. The van der Waals surface area contributed by atoms with Crippen molar-refractivity contribution < 1.29 is 29.3 Å². The Balaban J connectivity index is 3.65. The first kappa shape index (κ1) is 40.8. The van der Waals surface area contributed by atoms with Gasteiger partial charge in [-0.2, -0.15) is 0 Å². The van der Waals surface area contributed by atoms with Crippen molar-refractivity contribution in [2.45, 2.75) is 161 Å². The molecule has 0 spiro atoms. The highest BCUT2D eigenvalue weighted by molar-refractivity contribution is 5.69. The highest BCUT2D eigenvalue weighted by Gasteiger charge is 2.12. The third kappa shape index (κ3) is 32.6. The number of carbonyl (C=O) groups excluding carboxylic acids is 2. The number of aliphatic hydroxyl groups is 2. The Morgan fingerprint density at radius 3 is 1.72 bits per heavy atom. The van der Waals surface area contributed by atoms with Crippen LogP contribution in [0.5, 0.6) is 0 Å². The van der Waals surface area contributed by atoms with Gasteiger partial charge in [-0.05, 0) is 44.9 Å². The van der Waals surface area contributed by atoms with E-state index < -0.39 is 12.2 Å². The molecule has 2 atom stereocenters. The number of aliphatic hydroxyl groups excluding tert-OH is 2. The molecule has 0 fully saturated rings. The summed E-state index contributed by atoms with van der Waals surface area (Å²) in [5, 5.41) is 19.9. The van der Waals surface area contributed by atoms with Gasteiger partial charge in [0.15, 0.2) is 0 Å². The molecule has 0 amide bonds. The molecule has 0 radical (unpaired) electrons. The molecule has 0 aliphatic heterocycles. The molecule has 248 valence electrons. The Kier molecular flexibility index (Phi) is 31.1. The molecule has 0 heterocycles. The summed E-state index contributed by atoms with van der Waals surface area (Å²) in [5.74, 6) is -0.670. The molecule has 0 aliphatic carbocycles. The molecule has 0 rings (SSSR count). The zero-order valence-corrected chi connectivity index (χ0v) is 27.6. The van der Waals surface area contributed by atoms with Gasteiger partial charge in [0, 0.05) is 12.8 Å². The molecule has 0 saturated carbocycles. The Morgan fingerprint density at radius 1 is 0.581 bits per heavy atom. The molecule has 0 aromatic carbocycles. The molecule has 2 N–H and O–H groups in total. The fourth-order valence-corrected chi connectivity index (χ4v) is 4.45. The van der Waals surface area contributed by atoms with Gasteiger partial charge in [-0.15, -0.1) is 0 Å². The first-order chi connectivity index (χ1) is 21.0. The maximum Gasteiger partial charge on any atom is 0.305 e. The summed E-state index contributed by atoms with van der Waals surface area (Å²) in [5.41, 5.74) is 0. The first-order valence-corrected chi connectivity index (χ1v) is 17.3. The van der Waals surface area contributed by atoms with Crippen LogP contribution in [-0.4, -0.2) is 47.6 Å². The molecule has 0 saturated heterocycles. The van der Waals surface area contributed by atoms with Gasteiger partial charge in [-0.25, -0.2) is 0 Å². The van der Waals surface area contributed by atoms with E-state index in [4.69, 9.17) is 9.47 Å². The van der Waals surface area contributed by atoms with Crippen LogP contribution in [0.4, 0.5) is 0 Å². The molecule has 0 aromatic rings. The van der Waals surface area contributed by atoms with E-state index in [0.29, 0.717) is 19.3 Å². The topological polar surface area (TPSA) is 93.1 Å². The largest absolute Gasteiger partial charge is 0.463 e. The number of hydrogen-bond donors (Lipinski definition) is 2. The molecular formula is C37H64O6. The Hall–Kier alpha value is -2.18. The number of allylic oxidation sites excluding steroid dienone is 6. The van der Waals surface area contributed by atoms with Crippen molar-refractivity contribution in [3.05, 3.63) is 48.6 Å². The van der Waals surface area contributed by atoms with Gasteiger partial charge in [0.05, 0.1) is 6.10 Å². The monoisotopic (exact) mass is 604 g/mol. The number of unbranched alkanes of at least 4 members (excludes halogenated alkanes) is 14. The molecule has 6 heteroatoms. The number of hydrogen-bond acceptors (Lipinski definition) is 6. The van der Waals surface area contributed by atoms with Crippen molar-refractivity contribution in [3.63, 3.8) is 0 Å². The molecular weight excluding hydrogens is 540 g/mol. The van der Waals surface area contributed by atoms with Gasteiger partial charge >= 0.3 is 11.9 Å². The van der Waals surface area contributed by atoms with Crippen LogP contribution >= 0.6 is 0 Å². The predicted octanol–water partition coefficient (Wildman–Crippen LogP) is 9.25. The van der Waals surface area contributed by atoms with E-state index in [1.54, 1.807) is 6.08 Å². The van der Waals surface area contributed by atoms with Gasteiger partial charge in [-0.3, -0.25) is 9.59 Å². The lowest BCUT2D eigenvalue weighted by Crippen LogP contribution is -2.25. The SMILES string of the molecule is CCCCC/C=C\C[C@@H](O)/C=C/C=C\C/C=C\CCCC(=O)OC[C@H](O)COC(=O)CCCCCCCCCCCCC. The maximum absolute atomic E-state index is 11.9. The molecule has 0 bridgehead atoms. The van der Waals surface area contributed by atoms with Gasteiger partial charge in [0.2, 0.25) is 0 Å². The van der Waals surface area contributed by atoms with Crippen LogP contribution in [0.2, 0.25) is 0 Å². The van der Waals surface area contributed by atoms with Gasteiger partial charge in [0.1, 0.15) is 19.3 Å². The second kappa shape index (κ2) is 32.7. The lowest BCUT2D eigenvalue weighted by molar-refractivity contribution is -0.152. The molecule has 0 aromatic heterocycles. The molecule has 0 unspecified atom stereocenters. The highest BCUT2D eigenvalue weighted by Crippen LogP contribution is 2.12. The molecule has 0 aliphatic rings. The third-order valence-electron chi connectivity index (χ3n) is 7.15. The minimum Gasteiger partial charge on any atom is -0.463 e. The van der Waals surface area contributed by atoms with E-state index in [-0.39, 0.29) is 31.6 Å². The normalized spacial score (nSPS) is 13.5. The summed E-state index contributed by atoms with van der Waals surface area (Å²) < 4.78 is 10.2. The summed E-state index contributed by atoms with van der Waals surface area (Å²) >= 11 is 0. The van der Waals surface area contributed by atoms with Gasteiger partial charge in [-0.1, -0.05) is 140 Å². The highest BCUT2D eigenvalue weighted by atomic mass is 16.6. The minimum absolute atomic E-state index is 0.148. The zero-order valence-electron chi connectivity index (χ0n) is 27.6. The lowest BCUT2D eigenvalue weighted by Gasteiger charge is -2.12. The van der Waals surface area contributed by atoms with Crippen LogP contribution in [-0.2, 0) is 19.1 Å². The maximum atomic E-state index is 11.9. The van der Waals surface area contributed by atoms with Crippen LogP contribution < -0.4 is 0 Å². The number of esters is 2. The van der Waals surface area contributed by atoms with Gasteiger partial charge < -0.3 is 19.7 Å². The van der Waals surface area contributed by atoms with Crippen LogP contribution in [0.15, 0.2) is 48.6 Å². The quantitative estimate of drug-likeness (QED) is 0.0367. The van der Waals surface area contributed by atoms with Crippen molar-refractivity contribution in [1.29, 1.82) is 0 Å². The fourth-order valence-electron chi connectivity index (χ4n) is 4.45. The van der Waals surface area contributed by atoms with E-state index in [2.05, 4.69) is 19.9 Å². The predicted molar refractivity (Wildman–Crippen MR) is 179 cm³/mol. The van der Waals surface area contributed by atoms with E-state index >= 15 is 0 Å². The van der Waals surface area contributed by atoms with Crippen LogP contribution in [0.25, 0.3) is 0 Å². The standard InChI is InChI=1S/C37H64O6/c1-3-5-7-9-11-12-13-14-18-22-26-30-36(40)42-32-35(39)33-43-37(41)31-27-23-19-16-15-17-21-25-29-34(38)28-24-20-10-8-6-4-2/h16-17,19-21,24-25,29,34-35,38-39H,3-15,18,22-23,26-28,30-33H2,1-2H3/b19-16-,21-17-,24-20-,29-25+/t34-,35-/m1/s1. The van der Waals surface area contributed by atoms with Gasteiger partial charge in [0.25, 0.3) is 0 Å². The lowest BCUT2D eigenvalue weighted by atomic mass is 10.1. The molecule has 43 heavy (non-hydrogen) atoms. The fraction of sp³-hybridized carbons (Fsp3) is 0.730. The second-order valence-electron chi connectivity index (χ2n) is 11.5. The van der Waals surface area contributed by atoms with Crippen LogP contribution in [0, 0.1) is 0 Å². The van der Waals surface area contributed by atoms with Crippen molar-refractivity contribution >= 4 is 11.9 Å². The van der Waals surface area contributed by atoms with Crippen molar-refractivity contribution in [3.8, 4) is 0 Å². The average molecular weight is 605 g/mol. The second-order valence-corrected chi connectivity index (χ2v) is 11.5.